The first-order chi connectivity index (χ1) is 26.6. The molecule has 4 rings (SSSR count). The van der Waals surface area contributed by atoms with Gasteiger partial charge < -0.3 is 16.0 Å². The minimum absolute atomic E-state index is 0.0747. The molecule has 1 heterocycles. The van der Waals surface area contributed by atoms with E-state index in [2.05, 4.69) is 38.8 Å². The Kier molecular flexibility index (Phi) is 18.6. The molecule has 0 aliphatic carbocycles. The van der Waals surface area contributed by atoms with Gasteiger partial charge in [0.05, 0.1) is 26.4 Å². The van der Waals surface area contributed by atoms with Gasteiger partial charge in [0, 0.05) is 35.0 Å². The second-order valence-electron chi connectivity index (χ2n) is 12.9. The zero-order valence-electron chi connectivity index (χ0n) is 30.7. The van der Waals surface area contributed by atoms with E-state index >= 15 is 0 Å². The number of hydrazine groups is 1. The van der Waals surface area contributed by atoms with Crippen molar-refractivity contribution in [3.8, 4) is 5.69 Å². The zero-order chi connectivity index (χ0) is 39.6. The number of halogens is 4. The number of nitrogens with one attached hydrogen (secondary N) is 6. The van der Waals surface area contributed by atoms with E-state index in [-0.39, 0.29) is 50.4 Å². The lowest BCUT2D eigenvalue weighted by atomic mass is 10.1. The molecule has 0 saturated heterocycles. The quantitative estimate of drug-likeness (QED) is 0.0178. The maximum absolute atomic E-state index is 13.9. The minimum atomic E-state index is -0.474. The molecule has 3 aromatic carbocycles. The molecule has 6 N–H and O–H groups in total. The Labute approximate surface area is 345 Å². The monoisotopic (exact) mass is 849 g/mol. The van der Waals surface area contributed by atoms with Crippen LogP contribution in [-0.4, -0.2) is 33.8 Å². The number of rotatable bonds is 24. The first-order valence-corrected chi connectivity index (χ1v) is 20.9. The lowest BCUT2D eigenvalue weighted by molar-refractivity contribution is -0.116. The van der Waals surface area contributed by atoms with Crippen LogP contribution in [-0.2, 0) is 14.4 Å². The van der Waals surface area contributed by atoms with E-state index in [1.54, 1.807) is 42.5 Å². The van der Waals surface area contributed by atoms with Gasteiger partial charge in [0.1, 0.15) is 16.4 Å². The van der Waals surface area contributed by atoms with Crippen LogP contribution in [0.2, 0.25) is 20.1 Å². The number of carbonyl (C=O) groups excluding carboxylic acids is 3. The number of carbonyl (C=O) groups is 3. The fraction of sp³-hybridized carbons (Fsp3) is 0.385. The summed E-state index contributed by atoms with van der Waals surface area (Å²) in [6.07, 6.45) is 14.3. The Morgan fingerprint density at radius 1 is 0.727 bits per heavy atom. The van der Waals surface area contributed by atoms with Crippen molar-refractivity contribution in [2.24, 2.45) is 0 Å². The van der Waals surface area contributed by atoms with Crippen LogP contribution in [0, 0.1) is 0 Å². The van der Waals surface area contributed by atoms with E-state index in [0.717, 1.165) is 31.0 Å². The highest BCUT2D eigenvalue weighted by Crippen LogP contribution is 2.35. The molecule has 11 nitrogen and oxygen atoms in total. The average Bonchev–Trinajstić information content (AvgIpc) is 3.44. The standard InChI is InChI=1S/C39H47Cl4N7O4S/c1-2-3-4-5-6-7-8-9-10-11-12-13-34(52)46-29-18-19-30(41)33(24-29)47-38-37(39(54)50(49-38)36-31(42)22-26(40)23-32(36)43)55-21-20-35(53)45-27-14-16-28(17-15-27)48-44-25-51/h14-19,22-25,47-49H,2-13,20-21H2,1H3,(H,44,51)(H,45,53)(H,46,52). The average molecular weight is 852 g/mol. The Bertz CT molecular complexity index is 1920. The lowest BCUT2D eigenvalue weighted by Crippen LogP contribution is -2.19. The Morgan fingerprint density at radius 2 is 1.29 bits per heavy atom. The summed E-state index contributed by atoms with van der Waals surface area (Å²) >= 11 is 26.9. The van der Waals surface area contributed by atoms with Crippen molar-refractivity contribution in [3.05, 3.63) is 85.0 Å². The third-order valence-electron chi connectivity index (χ3n) is 8.59. The molecule has 0 unspecified atom stereocenters. The molecule has 1 aromatic heterocycles. The summed E-state index contributed by atoms with van der Waals surface area (Å²) in [6, 6.07) is 14.8. The number of H-pyrrole nitrogens is 1. The smallest absolute Gasteiger partial charge is 0.287 e. The molecule has 296 valence electrons. The molecular formula is C39H47Cl4N7O4S. The van der Waals surface area contributed by atoms with Crippen molar-refractivity contribution in [2.45, 2.75) is 95.3 Å². The van der Waals surface area contributed by atoms with Crippen molar-refractivity contribution in [1.82, 2.24) is 15.2 Å². The summed E-state index contributed by atoms with van der Waals surface area (Å²) < 4.78 is 1.20. The third-order valence-corrected chi connectivity index (χ3v) is 10.8. The van der Waals surface area contributed by atoms with Crippen molar-refractivity contribution >= 4 is 105 Å². The second-order valence-corrected chi connectivity index (χ2v) is 15.7. The number of hydrogen-bond donors (Lipinski definition) is 6. The van der Waals surface area contributed by atoms with Crippen LogP contribution in [0.3, 0.4) is 0 Å². The fourth-order valence-corrected chi connectivity index (χ4v) is 7.87. The summed E-state index contributed by atoms with van der Waals surface area (Å²) in [7, 11) is 0. The van der Waals surface area contributed by atoms with E-state index in [4.69, 9.17) is 46.4 Å². The van der Waals surface area contributed by atoms with Crippen LogP contribution in [0.4, 0.5) is 28.6 Å². The summed E-state index contributed by atoms with van der Waals surface area (Å²) in [5.41, 5.74) is 6.92. The zero-order valence-corrected chi connectivity index (χ0v) is 34.5. The van der Waals surface area contributed by atoms with Crippen molar-refractivity contribution in [2.75, 3.05) is 27.1 Å². The van der Waals surface area contributed by atoms with Gasteiger partial charge >= 0.3 is 0 Å². The van der Waals surface area contributed by atoms with Gasteiger partial charge in [0.2, 0.25) is 18.2 Å². The fourth-order valence-electron chi connectivity index (χ4n) is 5.77. The number of aromatic nitrogens is 2. The normalized spacial score (nSPS) is 10.9. The number of unbranched alkanes of at least 4 members (excludes halogenated alkanes) is 10. The Hall–Kier alpha value is -3.81. The van der Waals surface area contributed by atoms with Gasteiger partial charge in [-0.3, -0.25) is 35.1 Å². The summed E-state index contributed by atoms with van der Waals surface area (Å²) in [6.45, 7) is 2.23. The number of anilines is 5. The molecule has 0 radical (unpaired) electrons. The maximum Gasteiger partial charge on any atom is 0.287 e. The highest BCUT2D eigenvalue weighted by Gasteiger charge is 2.21. The lowest BCUT2D eigenvalue weighted by Gasteiger charge is -2.12. The highest BCUT2D eigenvalue weighted by atomic mass is 35.5. The van der Waals surface area contributed by atoms with Crippen molar-refractivity contribution in [3.63, 3.8) is 0 Å². The largest absolute Gasteiger partial charge is 0.338 e. The summed E-state index contributed by atoms with van der Waals surface area (Å²) in [5.74, 6) is 0.151. The van der Waals surface area contributed by atoms with Crippen LogP contribution in [0.5, 0.6) is 0 Å². The SMILES string of the molecule is CCCCCCCCCCCCCC(=O)Nc1ccc(Cl)c(Nc2[nH]n(-c3c(Cl)cc(Cl)cc3Cl)c(=O)c2SCCC(=O)Nc2ccc(NNC=O)cc2)c1. The predicted octanol–water partition coefficient (Wildman–Crippen LogP) is 11.4. The van der Waals surface area contributed by atoms with Gasteiger partial charge in [0.25, 0.3) is 5.56 Å². The molecule has 0 bridgehead atoms. The number of nitrogens with zero attached hydrogens (tertiary/aromatic N) is 1. The van der Waals surface area contributed by atoms with Gasteiger partial charge in [0.15, 0.2) is 0 Å². The van der Waals surface area contributed by atoms with Gasteiger partial charge in [-0.2, -0.15) is 0 Å². The number of thioether (sulfide) groups is 1. The molecule has 3 amide bonds. The van der Waals surface area contributed by atoms with Gasteiger partial charge in [-0.15, -0.1) is 11.8 Å². The van der Waals surface area contributed by atoms with E-state index in [9.17, 15) is 19.2 Å². The molecule has 0 fully saturated rings. The topological polar surface area (TPSA) is 149 Å². The predicted molar refractivity (Wildman–Crippen MR) is 229 cm³/mol. The van der Waals surface area contributed by atoms with E-state index in [1.807, 2.05) is 0 Å². The number of aromatic amines is 1. The second kappa shape index (κ2) is 23.3. The molecule has 0 aliphatic heterocycles. The van der Waals surface area contributed by atoms with Crippen LogP contribution in [0.15, 0.2) is 64.3 Å². The molecule has 55 heavy (non-hydrogen) atoms. The molecule has 16 heteroatoms. The number of amides is 3. The Morgan fingerprint density at radius 3 is 1.93 bits per heavy atom. The molecule has 4 aromatic rings. The maximum atomic E-state index is 13.9. The molecule has 0 saturated carbocycles. The molecular weight excluding hydrogens is 804 g/mol. The van der Waals surface area contributed by atoms with Crippen LogP contribution in [0.1, 0.15) is 90.4 Å². The number of hydrogen-bond acceptors (Lipinski definition) is 7. The minimum Gasteiger partial charge on any atom is -0.338 e. The summed E-state index contributed by atoms with van der Waals surface area (Å²) in [5, 5.41) is 13.0. The third kappa shape index (κ3) is 14.3. The highest BCUT2D eigenvalue weighted by molar-refractivity contribution is 7.99. The van der Waals surface area contributed by atoms with Gasteiger partial charge in [-0.1, -0.05) is 118 Å². The molecule has 0 atom stereocenters. The van der Waals surface area contributed by atoms with Crippen molar-refractivity contribution in [1.29, 1.82) is 0 Å². The van der Waals surface area contributed by atoms with Crippen LogP contribution >= 0.6 is 58.2 Å². The van der Waals surface area contributed by atoms with Crippen molar-refractivity contribution < 1.29 is 14.4 Å². The first kappa shape index (κ1) is 43.9. The molecule has 0 spiro atoms. The van der Waals surface area contributed by atoms with E-state index in [1.165, 1.54) is 68.2 Å². The Balaban J connectivity index is 1.40. The first-order valence-electron chi connectivity index (χ1n) is 18.4. The van der Waals surface area contributed by atoms with Gasteiger partial charge in [-0.25, -0.2) is 4.68 Å². The van der Waals surface area contributed by atoms with Crippen LogP contribution in [0.25, 0.3) is 5.69 Å². The van der Waals surface area contributed by atoms with Gasteiger partial charge in [-0.05, 0) is 61.0 Å². The van der Waals surface area contributed by atoms with Crippen LogP contribution < -0.4 is 32.4 Å². The summed E-state index contributed by atoms with van der Waals surface area (Å²) in [4.78, 5) is 50.2. The number of benzene rings is 3. The molecule has 0 aliphatic rings. The van der Waals surface area contributed by atoms with E-state index in [0.29, 0.717) is 45.6 Å². The van der Waals surface area contributed by atoms with E-state index < -0.39 is 5.56 Å².